The van der Waals surface area contributed by atoms with Gasteiger partial charge >= 0.3 is 0 Å². The number of hydrogen-bond donors (Lipinski definition) is 1. The van der Waals surface area contributed by atoms with Crippen molar-refractivity contribution in [1.29, 1.82) is 0 Å². The summed E-state index contributed by atoms with van der Waals surface area (Å²) in [4.78, 5) is 12.2. The van der Waals surface area contributed by atoms with E-state index in [0.29, 0.717) is 47.6 Å². The molecule has 1 N–H and O–H groups in total. The van der Waals surface area contributed by atoms with Crippen LogP contribution in [0.4, 0.5) is 0 Å². The van der Waals surface area contributed by atoms with E-state index in [1.807, 2.05) is 0 Å². The molecule has 1 aliphatic heterocycles. The molecule has 0 spiro atoms. The quantitative estimate of drug-likeness (QED) is 0.658. The first kappa shape index (κ1) is 19.5. The van der Waals surface area contributed by atoms with Crippen LogP contribution in [0.1, 0.15) is 5.56 Å². The first-order chi connectivity index (χ1) is 13.6. The smallest absolute Gasteiger partial charge is 0.231 e. The van der Waals surface area contributed by atoms with E-state index in [2.05, 4.69) is 5.32 Å². The van der Waals surface area contributed by atoms with Crippen LogP contribution in [0.2, 0.25) is 0 Å². The van der Waals surface area contributed by atoms with Crippen LogP contribution in [0.3, 0.4) is 0 Å². The van der Waals surface area contributed by atoms with Crippen LogP contribution in [0.5, 0.6) is 34.5 Å². The van der Waals surface area contributed by atoms with Crippen molar-refractivity contribution in [3.8, 4) is 34.5 Å². The Morgan fingerprint density at radius 2 is 1.71 bits per heavy atom. The lowest BCUT2D eigenvalue weighted by molar-refractivity contribution is -0.120. The standard InChI is InChI=1S/C20H23NO7/c1-23-17-8-13(9-18(24-2)20(17)25-3)10-19(22)21-6-7-26-14-4-5-15-16(11-14)28-12-27-15/h4-5,8-9,11H,6-7,10,12H2,1-3H3,(H,21,22). The van der Waals surface area contributed by atoms with E-state index in [1.54, 1.807) is 30.3 Å². The van der Waals surface area contributed by atoms with Crippen molar-refractivity contribution in [2.24, 2.45) is 0 Å². The average molecular weight is 389 g/mol. The first-order valence-corrected chi connectivity index (χ1v) is 8.72. The molecule has 2 aromatic carbocycles. The SMILES string of the molecule is COc1cc(CC(=O)NCCOc2ccc3c(c2)OCO3)cc(OC)c1OC. The van der Waals surface area contributed by atoms with Crippen molar-refractivity contribution in [3.63, 3.8) is 0 Å². The Morgan fingerprint density at radius 3 is 2.39 bits per heavy atom. The van der Waals surface area contributed by atoms with Crippen LogP contribution in [0.15, 0.2) is 30.3 Å². The van der Waals surface area contributed by atoms with E-state index >= 15 is 0 Å². The number of benzene rings is 2. The monoisotopic (exact) mass is 389 g/mol. The molecule has 0 aliphatic carbocycles. The molecule has 1 amide bonds. The number of methoxy groups -OCH3 is 3. The van der Waals surface area contributed by atoms with Gasteiger partial charge in [-0.1, -0.05) is 0 Å². The van der Waals surface area contributed by atoms with Crippen molar-refractivity contribution in [1.82, 2.24) is 5.32 Å². The minimum atomic E-state index is -0.136. The molecule has 0 bridgehead atoms. The second-order valence-electron chi connectivity index (χ2n) is 5.92. The van der Waals surface area contributed by atoms with Crippen LogP contribution in [-0.2, 0) is 11.2 Å². The maximum absolute atomic E-state index is 12.2. The van der Waals surface area contributed by atoms with Gasteiger partial charge in [-0.3, -0.25) is 4.79 Å². The van der Waals surface area contributed by atoms with Gasteiger partial charge in [0.15, 0.2) is 23.0 Å². The summed E-state index contributed by atoms with van der Waals surface area (Å²) in [5.41, 5.74) is 0.753. The van der Waals surface area contributed by atoms with Gasteiger partial charge in [-0.25, -0.2) is 0 Å². The molecule has 0 atom stereocenters. The van der Waals surface area contributed by atoms with Crippen molar-refractivity contribution >= 4 is 5.91 Å². The lowest BCUT2D eigenvalue weighted by atomic mass is 10.1. The molecule has 0 aromatic heterocycles. The molecule has 2 aromatic rings. The molecule has 0 unspecified atom stereocenters. The topological polar surface area (TPSA) is 84.5 Å². The summed E-state index contributed by atoms with van der Waals surface area (Å²) in [6.07, 6.45) is 0.181. The molecule has 0 saturated heterocycles. The molecule has 0 fully saturated rings. The van der Waals surface area contributed by atoms with Gasteiger partial charge in [0.2, 0.25) is 18.4 Å². The number of carbonyl (C=O) groups excluding carboxylic acids is 1. The third kappa shape index (κ3) is 4.51. The summed E-state index contributed by atoms with van der Waals surface area (Å²) in [6, 6.07) is 8.86. The Kier molecular flexibility index (Phi) is 6.31. The Balaban J connectivity index is 1.49. The maximum atomic E-state index is 12.2. The summed E-state index contributed by atoms with van der Waals surface area (Å²) >= 11 is 0. The summed E-state index contributed by atoms with van der Waals surface area (Å²) in [7, 11) is 4.61. The van der Waals surface area contributed by atoms with Crippen molar-refractivity contribution < 1.29 is 33.2 Å². The molecule has 1 aliphatic rings. The fourth-order valence-electron chi connectivity index (χ4n) is 2.81. The molecule has 0 saturated carbocycles. The summed E-state index contributed by atoms with van der Waals surface area (Å²) in [6.45, 7) is 0.925. The molecule has 150 valence electrons. The van der Waals surface area contributed by atoms with Gasteiger partial charge in [0, 0.05) is 6.07 Å². The van der Waals surface area contributed by atoms with Gasteiger partial charge in [0.25, 0.3) is 0 Å². The summed E-state index contributed by atoms with van der Waals surface area (Å²) < 4.78 is 32.1. The van der Waals surface area contributed by atoms with Crippen LogP contribution < -0.4 is 33.7 Å². The molecular formula is C20H23NO7. The van der Waals surface area contributed by atoms with E-state index in [-0.39, 0.29) is 19.1 Å². The predicted octanol–water partition coefficient (Wildman–Crippen LogP) is 2.18. The number of carbonyl (C=O) groups is 1. The molecule has 28 heavy (non-hydrogen) atoms. The lowest BCUT2D eigenvalue weighted by Gasteiger charge is -2.14. The minimum absolute atomic E-state index is 0.136. The van der Waals surface area contributed by atoms with Crippen LogP contribution in [-0.4, -0.2) is 47.2 Å². The summed E-state index contributed by atoms with van der Waals surface area (Å²) in [5.74, 6) is 3.39. The number of rotatable bonds is 9. The van der Waals surface area contributed by atoms with Crippen molar-refractivity contribution in [3.05, 3.63) is 35.9 Å². The van der Waals surface area contributed by atoms with E-state index < -0.39 is 0 Å². The Hall–Kier alpha value is -3.29. The van der Waals surface area contributed by atoms with Gasteiger partial charge in [0.05, 0.1) is 34.3 Å². The molecule has 0 radical (unpaired) electrons. The van der Waals surface area contributed by atoms with Crippen molar-refractivity contribution in [2.75, 3.05) is 41.3 Å². The predicted molar refractivity (Wildman–Crippen MR) is 101 cm³/mol. The fourth-order valence-corrected chi connectivity index (χ4v) is 2.81. The largest absolute Gasteiger partial charge is 0.493 e. The molecule has 3 rings (SSSR count). The van der Waals surface area contributed by atoms with Gasteiger partial charge in [-0.2, -0.15) is 0 Å². The highest BCUT2D eigenvalue weighted by molar-refractivity contribution is 5.79. The molecule has 8 heteroatoms. The zero-order valence-electron chi connectivity index (χ0n) is 16.1. The Morgan fingerprint density at radius 1 is 1.00 bits per heavy atom. The second-order valence-corrected chi connectivity index (χ2v) is 5.92. The van der Waals surface area contributed by atoms with E-state index in [9.17, 15) is 4.79 Å². The number of amides is 1. The minimum Gasteiger partial charge on any atom is -0.493 e. The highest BCUT2D eigenvalue weighted by Gasteiger charge is 2.15. The Bertz CT molecular complexity index is 812. The first-order valence-electron chi connectivity index (χ1n) is 8.72. The number of hydrogen-bond acceptors (Lipinski definition) is 7. The molecular weight excluding hydrogens is 366 g/mol. The van der Waals surface area contributed by atoms with E-state index in [4.69, 9.17) is 28.4 Å². The lowest BCUT2D eigenvalue weighted by Crippen LogP contribution is -2.29. The second kappa shape index (κ2) is 9.07. The highest BCUT2D eigenvalue weighted by Crippen LogP contribution is 2.38. The average Bonchev–Trinajstić information content (AvgIpc) is 3.18. The third-order valence-corrected chi connectivity index (χ3v) is 4.13. The van der Waals surface area contributed by atoms with Gasteiger partial charge < -0.3 is 33.7 Å². The fraction of sp³-hybridized carbons (Fsp3) is 0.350. The van der Waals surface area contributed by atoms with Crippen LogP contribution in [0, 0.1) is 0 Å². The van der Waals surface area contributed by atoms with Crippen LogP contribution >= 0.6 is 0 Å². The molecule has 1 heterocycles. The number of ether oxygens (including phenoxy) is 6. The van der Waals surface area contributed by atoms with Gasteiger partial charge in [0.1, 0.15) is 12.4 Å². The van der Waals surface area contributed by atoms with E-state index in [0.717, 1.165) is 5.56 Å². The Labute approximate surface area is 163 Å². The van der Waals surface area contributed by atoms with Crippen LogP contribution in [0.25, 0.3) is 0 Å². The van der Waals surface area contributed by atoms with Gasteiger partial charge in [-0.15, -0.1) is 0 Å². The zero-order chi connectivity index (χ0) is 19.9. The van der Waals surface area contributed by atoms with E-state index in [1.165, 1.54) is 21.3 Å². The zero-order valence-corrected chi connectivity index (χ0v) is 16.1. The summed E-state index contributed by atoms with van der Waals surface area (Å²) in [5, 5.41) is 2.82. The third-order valence-electron chi connectivity index (χ3n) is 4.13. The highest BCUT2D eigenvalue weighted by atomic mass is 16.7. The number of fused-ring (bicyclic) bond motifs is 1. The number of nitrogens with one attached hydrogen (secondary N) is 1. The molecule has 8 nitrogen and oxygen atoms in total. The normalized spacial score (nSPS) is 11.7. The van der Waals surface area contributed by atoms with Crippen molar-refractivity contribution in [2.45, 2.75) is 6.42 Å². The van der Waals surface area contributed by atoms with Gasteiger partial charge in [-0.05, 0) is 29.8 Å². The maximum Gasteiger partial charge on any atom is 0.231 e.